The average molecular weight is 224 g/mol. The molecule has 4 nitrogen and oxygen atoms in total. The van der Waals surface area contributed by atoms with E-state index < -0.39 is 0 Å². The second-order valence-electron chi connectivity index (χ2n) is 4.42. The minimum absolute atomic E-state index is 0.349. The molecule has 1 N–H and O–H groups in total. The van der Waals surface area contributed by atoms with Crippen LogP contribution in [0.4, 0.5) is 4.79 Å². The van der Waals surface area contributed by atoms with Crippen molar-refractivity contribution in [3.05, 3.63) is 0 Å². The van der Waals surface area contributed by atoms with Crippen LogP contribution in [0, 0.1) is 23.2 Å². The van der Waals surface area contributed by atoms with Crippen LogP contribution in [0.3, 0.4) is 0 Å². The Bertz CT molecular complexity index is 252. The standard InChI is InChI=1S/C12H20N2O2/c1-14-12(15)16-9-7-11-4-2-10(3-5-11)6-8-13/h10-11H,2-7,9H2,1H3,(H,14,15). The first-order valence-electron chi connectivity index (χ1n) is 5.97. The third-order valence-corrected chi connectivity index (χ3v) is 3.31. The number of carbonyl (C=O) groups excluding carboxylic acids is 1. The summed E-state index contributed by atoms with van der Waals surface area (Å²) in [5.41, 5.74) is 0. The molecule has 1 rings (SSSR count). The van der Waals surface area contributed by atoms with Crippen LogP contribution in [0.1, 0.15) is 38.5 Å². The molecule has 0 heterocycles. The lowest BCUT2D eigenvalue weighted by Crippen LogP contribution is -2.21. The lowest BCUT2D eigenvalue weighted by Gasteiger charge is -2.26. The lowest BCUT2D eigenvalue weighted by atomic mass is 9.79. The first kappa shape index (κ1) is 12.8. The maximum Gasteiger partial charge on any atom is 0.406 e. The fourth-order valence-corrected chi connectivity index (χ4v) is 2.24. The van der Waals surface area contributed by atoms with Crippen molar-refractivity contribution < 1.29 is 9.53 Å². The van der Waals surface area contributed by atoms with E-state index in [2.05, 4.69) is 11.4 Å². The monoisotopic (exact) mass is 224 g/mol. The molecular formula is C12H20N2O2. The van der Waals surface area contributed by atoms with Crippen LogP contribution in [0.25, 0.3) is 0 Å². The largest absolute Gasteiger partial charge is 0.450 e. The molecule has 1 fully saturated rings. The summed E-state index contributed by atoms with van der Waals surface area (Å²) in [6.07, 6.45) is 5.94. The summed E-state index contributed by atoms with van der Waals surface area (Å²) in [6, 6.07) is 2.24. The smallest absolute Gasteiger partial charge is 0.406 e. The van der Waals surface area contributed by atoms with E-state index in [1.165, 1.54) is 12.8 Å². The molecule has 0 aromatic rings. The predicted molar refractivity (Wildman–Crippen MR) is 60.7 cm³/mol. The highest BCUT2D eigenvalue weighted by molar-refractivity contribution is 5.66. The molecular weight excluding hydrogens is 204 g/mol. The van der Waals surface area contributed by atoms with Crippen molar-refractivity contribution in [3.63, 3.8) is 0 Å². The molecule has 0 unspecified atom stereocenters. The first-order chi connectivity index (χ1) is 7.76. The maximum atomic E-state index is 10.8. The van der Waals surface area contributed by atoms with Crippen molar-refractivity contribution in [2.45, 2.75) is 38.5 Å². The predicted octanol–water partition coefficient (Wildman–Crippen LogP) is 2.45. The van der Waals surface area contributed by atoms with Gasteiger partial charge in [-0.05, 0) is 31.1 Å². The molecule has 0 atom stereocenters. The number of ether oxygens (including phenoxy) is 1. The summed E-state index contributed by atoms with van der Waals surface area (Å²) in [4.78, 5) is 10.8. The minimum atomic E-state index is -0.349. The van der Waals surface area contributed by atoms with Gasteiger partial charge in [0.2, 0.25) is 0 Å². The van der Waals surface area contributed by atoms with Crippen LogP contribution in [-0.2, 0) is 4.74 Å². The zero-order valence-corrected chi connectivity index (χ0v) is 9.87. The molecule has 1 aliphatic carbocycles. The Kier molecular flexibility index (Phi) is 5.69. The third kappa shape index (κ3) is 4.52. The summed E-state index contributed by atoms with van der Waals surface area (Å²) >= 11 is 0. The molecule has 1 amide bonds. The number of nitrogens with one attached hydrogen (secondary N) is 1. The Hall–Kier alpha value is -1.24. The molecule has 0 aliphatic heterocycles. The number of hydrogen-bond donors (Lipinski definition) is 1. The Morgan fingerprint density at radius 2 is 2.00 bits per heavy atom. The summed E-state index contributed by atoms with van der Waals surface area (Å²) in [5, 5.41) is 11.0. The van der Waals surface area contributed by atoms with Crippen LogP contribution in [0.15, 0.2) is 0 Å². The number of rotatable bonds is 4. The van der Waals surface area contributed by atoms with Crippen molar-refractivity contribution in [2.75, 3.05) is 13.7 Å². The van der Waals surface area contributed by atoms with Gasteiger partial charge in [0, 0.05) is 13.5 Å². The molecule has 1 aliphatic rings. The molecule has 0 spiro atoms. The second-order valence-corrected chi connectivity index (χ2v) is 4.42. The van der Waals surface area contributed by atoms with E-state index in [0.29, 0.717) is 24.9 Å². The van der Waals surface area contributed by atoms with Crippen LogP contribution in [-0.4, -0.2) is 19.7 Å². The van der Waals surface area contributed by atoms with Crippen molar-refractivity contribution >= 4 is 6.09 Å². The molecule has 16 heavy (non-hydrogen) atoms. The number of carbonyl (C=O) groups is 1. The van der Waals surface area contributed by atoms with Crippen LogP contribution in [0.2, 0.25) is 0 Å². The van der Waals surface area contributed by atoms with E-state index in [9.17, 15) is 4.79 Å². The van der Waals surface area contributed by atoms with Gasteiger partial charge >= 0.3 is 6.09 Å². The zero-order chi connectivity index (χ0) is 11.8. The molecule has 1 saturated carbocycles. The number of nitriles is 1. The van der Waals surface area contributed by atoms with Gasteiger partial charge in [-0.25, -0.2) is 4.79 Å². The van der Waals surface area contributed by atoms with Gasteiger partial charge in [-0.3, -0.25) is 0 Å². The Balaban J connectivity index is 2.08. The number of amides is 1. The molecule has 0 bridgehead atoms. The average Bonchev–Trinajstić information content (AvgIpc) is 2.31. The van der Waals surface area contributed by atoms with Gasteiger partial charge in [0.15, 0.2) is 0 Å². The third-order valence-electron chi connectivity index (χ3n) is 3.31. The molecule has 90 valence electrons. The number of alkyl carbamates (subject to hydrolysis) is 1. The van der Waals surface area contributed by atoms with Crippen LogP contribution >= 0.6 is 0 Å². The highest BCUT2D eigenvalue weighted by Crippen LogP contribution is 2.32. The van der Waals surface area contributed by atoms with E-state index in [-0.39, 0.29) is 6.09 Å². The zero-order valence-electron chi connectivity index (χ0n) is 9.87. The number of nitrogens with zero attached hydrogens (tertiary/aromatic N) is 1. The Labute approximate surface area is 97.0 Å². The van der Waals surface area contributed by atoms with Gasteiger partial charge < -0.3 is 10.1 Å². The molecule has 4 heteroatoms. The molecule has 0 saturated heterocycles. The summed E-state index contributed by atoms with van der Waals surface area (Å²) in [7, 11) is 1.56. The van der Waals surface area contributed by atoms with Crippen LogP contribution < -0.4 is 5.32 Å². The SMILES string of the molecule is CNC(=O)OCCC1CCC(CC#N)CC1. The summed E-state index contributed by atoms with van der Waals surface area (Å²) in [5.74, 6) is 1.26. The highest BCUT2D eigenvalue weighted by atomic mass is 16.5. The van der Waals surface area contributed by atoms with Gasteiger partial charge in [0.1, 0.15) is 0 Å². The number of hydrogen-bond acceptors (Lipinski definition) is 3. The van der Waals surface area contributed by atoms with Gasteiger partial charge in [-0.2, -0.15) is 5.26 Å². The molecule has 0 aromatic carbocycles. The Morgan fingerprint density at radius 3 is 2.56 bits per heavy atom. The van der Waals surface area contributed by atoms with E-state index >= 15 is 0 Å². The van der Waals surface area contributed by atoms with Crippen molar-refractivity contribution in [3.8, 4) is 6.07 Å². The fourth-order valence-electron chi connectivity index (χ4n) is 2.24. The van der Waals surface area contributed by atoms with Gasteiger partial charge in [-0.1, -0.05) is 12.8 Å². The van der Waals surface area contributed by atoms with E-state index in [4.69, 9.17) is 10.00 Å². The quantitative estimate of drug-likeness (QED) is 0.797. The lowest BCUT2D eigenvalue weighted by molar-refractivity contribution is 0.133. The maximum absolute atomic E-state index is 10.8. The molecule has 0 radical (unpaired) electrons. The van der Waals surface area contributed by atoms with Crippen molar-refractivity contribution in [2.24, 2.45) is 11.8 Å². The van der Waals surface area contributed by atoms with Gasteiger partial charge in [0.05, 0.1) is 12.7 Å². The fraction of sp³-hybridized carbons (Fsp3) is 0.833. The van der Waals surface area contributed by atoms with E-state index in [0.717, 1.165) is 19.3 Å². The molecule has 0 aromatic heterocycles. The summed E-state index contributed by atoms with van der Waals surface area (Å²) < 4.78 is 4.97. The van der Waals surface area contributed by atoms with E-state index in [1.807, 2.05) is 0 Å². The minimum Gasteiger partial charge on any atom is -0.450 e. The van der Waals surface area contributed by atoms with E-state index in [1.54, 1.807) is 7.05 Å². The van der Waals surface area contributed by atoms with Gasteiger partial charge in [0.25, 0.3) is 0 Å². The van der Waals surface area contributed by atoms with Crippen LogP contribution in [0.5, 0.6) is 0 Å². The summed E-state index contributed by atoms with van der Waals surface area (Å²) in [6.45, 7) is 0.507. The normalized spacial score (nSPS) is 24.5. The van der Waals surface area contributed by atoms with Crippen molar-refractivity contribution in [1.82, 2.24) is 5.32 Å². The topological polar surface area (TPSA) is 62.1 Å². The van der Waals surface area contributed by atoms with Crippen molar-refractivity contribution in [1.29, 1.82) is 5.26 Å². The highest BCUT2D eigenvalue weighted by Gasteiger charge is 2.20. The Morgan fingerprint density at radius 1 is 1.38 bits per heavy atom. The second kappa shape index (κ2) is 7.10. The van der Waals surface area contributed by atoms with Gasteiger partial charge in [-0.15, -0.1) is 0 Å². The first-order valence-corrected chi connectivity index (χ1v) is 5.97.